The molecule has 0 bridgehead atoms. The Kier molecular flexibility index (Phi) is 10.3. The fourth-order valence-corrected chi connectivity index (χ4v) is 4.83. The lowest BCUT2D eigenvalue weighted by molar-refractivity contribution is 0.00154. The largest absolute Gasteiger partial charge is 0.481 e. The van der Waals surface area contributed by atoms with E-state index in [0.29, 0.717) is 22.4 Å². The van der Waals surface area contributed by atoms with Crippen molar-refractivity contribution >= 4 is 27.6 Å². The molecule has 0 saturated heterocycles. The van der Waals surface area contributed by atoms with Crippen LogP contribution >= 0.6 is 11.6 Å². The quantitative estimate of drug-likeness (QED) is 0.305. The number of nitrogens with zero attached hydrogens (tertiary/aromatic N) is 6. The van der Waals surface area contributed by atoms with E-state index >= 15 is 0 Å². The molecule has 3 aromatic rings. The predicted molar refractivity (Wildman–Crippen MR) is 141 cm³/mol. The normalized spacial score (nSPS) is 13.6. The van der Waals surface area contributed by atoms with Crippen LogP contribution < -0.4 is 9.46 Å². The van der Waals surface area contributed by atoms with E-state index in [1.165, 1.54) is 40.6 Å². The molecule has 208 valence electrons. The molecule has 13 nitrogen and oxygen atoms in total. The van der Waals surface area contributed by atoms with Crippen molar-refractivity contribution in [3.8, 4) is 17.4 Å². The van der Waals surface area contributed by atoms with E-state index in [9.17, 15) is 8.42 Å². The average Bonchev–Trinajstić information content (AvgIpc) is 3.29. The number of aromatic nitrogens is 6. The van der Waals surface area contributed by atoms with Gasteiger partial charge in [-0.05, 0) is 26.8 Å². The summed E-state index contributed by atoms with van der Waals surface area (Å²) in [4.78, 5) is 12.8. The van der Waals surface area contributed by atoms with Crippen LogP contribution in [-0.2, 0) is 24.2 Å². The summed E-state index contributed by atoms with van der Waals surface area (Å²) in [6.45, 7) is 5.45. The molecule has 3 rings (SSSR count). The van der Waals surface area contributed by atoms with Crippen LogP contribution in [0, 0.1) is 0 Å². The second kappa shape index (κ2) is 13.2. The van der Waals surface area contributed by atoms with Crippen molar-refractivity contribution in [2.24, 2.45) is 0 Å². The highest BCUT2D eigenvalue weighted by atomic mass is 35.5. The van der Waals surface area contributed by atoms with Crippen molar-refractivity contribution in [2.45, 2.75) is 44.3 Å². The maximum Gasteiger partial charge on any atom is 0.240 e. The molecular weight excluding hydrogens is 538 g/mol. The molecule has 0 aliphatic heterocycles. The fourth-order valence-electron chi connectivity index (χ4n) is 3.64. The summed E-state index contributed by atoms with van der Waals surface area (Å²) in [6, 6.07) is 4.65. The van der Waals surface area contributed by atoms with Gasteiger partial charge in [-0.2, -0.15) is 0 Å². The fraction of sp³-hybridized carbons (Fsp3) is 0.522. The Bertz CT molecular complexity index is 1280. The maximum atomic E-state index is 13.6. The van der Waals surface area contributed by atoms with Crippen LogP contribution in [0.25, 0.3) is 11.5 Å². The Hall–Kier alpha value is -2.91. The van der Waals surface area contributed by atoms with E-state index in [2.05, 4.69) is 29.9 Å². The van der Waals surface area contributed by atoms with Crippen molar-refractivity contribution < 1.29 is 27.4 Å². The molecule has 0 aromatic carbocycles. The molecular formula is C23H32ClN7O6S. The second-order valence-corrected chi connectivity index (χ2v) is 11.0. The molecule has 0 unspecified atom stereocenters. The van der Waals surface area contributed by atoms with Crippen molar-refractivity contribution in [1.29, 1.82) is 0 Å². The first-order valence-electron chi connectivity index (χ1n) is 11.7. The first-order chi connectivity index (χ1) is 18.1. The van der Waals surface area contributed by atoms with Crippen molar-refractivity contribution in [3.05, 3.63) is 41.4 Å². The number of hydrogen-bond donors (Lipinski definition) is 1. The van der Waals surface area contributed by atoms with Gasteiger partial charge in [0.2, 0.25) is 21.9 Å². The third kappa shape index (κ3) is 7.14. The zero-order chi connectivity index (χ0) is 27.9. The molecule has 0 fully saturated rings. The topological polar surface area (TPSA) is 152 Å². The monoisotopic (exact) mass is 569 g/mol. The highest BCUT2D eigenvalue weighted by Crippen LogP contribution is 2.30. The van der Waals surface area contributed by atoms with Gasteiger partial charge < -0.3 is 18.9 Å². The first-order valence-corrected chi connectivity index (χ1v) is 13.6. The molecule has 0 radical (unpaired) electrons. The van der Waals surface area contributed by atoms with Crippen molar-refractivity contribution in [1.82, 2.24) is 29.7 Å². The van der Waals surface area contributed by atoms with E-state index in [4.69, 9.17) is 30.5 Å². The summed E-state index contributed by atoms with van der Waals surface area (Å²) in [5.41, 5.74) is 0.420. The van der Waals surface area contributed by atoms with Gasteiger partial charge in [0.15, 0.2) is 11.6 Å². The number of methoxy groups -OCH3 is 3. The van der Waals surface area contributed by atoms with Gasteiger partial charge in [0.05, 0.1) is 37.5 Å². The number of halogens is 1. The Labute approximate surface area is 226 Å². The van der Waals surface area contributed by atoms with Crippen LogP contribution in [0.2, 0.25) is 5.02 Å². The van der Waals surface area contributed by atoms with Gasteiger partial charge in [-0.25, -0.2) is 23.4 Å². The Morgan fingerprint density at radius 1 is 1.03 bits per heavy atom. The van der Waals surface area contributed by atoms with E-state index in [1.807, 2.05) is 0 Å². The molecule has 15 heteroatoms. The van der Waals surface area contributed by atoms with Crippen LogP contribution in [-0.4, -0.2) is 84.0 Å². The number of rotatable bonds is 14. The van der Waals surface area contributed by atoms with Crippen LogP contribution in [0.1, 0.15) is 38.7 Å². The average molecular weight is 570 g/mol. The van der Waals surface area contributed by atoms with Gasteiger partial charge in [-0.1, -0.05) is 17.7 Å². The number of pyridine rings is 1. The zero-order valence-corrected chi connectivity index (χ0v) is 23.6. The van der Waals surface area contributed by atoms with Crippen molar-refractivity contribution in [2.75, 3.05) is 39.3 Å². The summed E-state index contributed by atoms with van der Waals surface area (Å²) < 4.78 is 53.3. The number of nitrogens with one attached hydrogen (secondary N) is 1. The summed E-state index contributed by atoms with van der Waals surface area (Å²) in [5, 5.41) is 7.58. The predicted octanol–water partition coefficient (Wildman–Crippen LogP) is 2.92. The smallest absolute Gasteiger partial charge is 0.240 e. The maximum absolute atomic E-state index is 13.6. The Morgan fingerprint density at radius 3 is 2.26 bits per heavy atom. The van der Waals surface area contributed by atoms with Crippen molar-refractivity contribution in [3.63, 3.8) is 0 Å². The highest BCUT2D eigenvalue weighted by Gasteiger charge is 2.36. The van der Waals surface area contributed by atoms with E-state index in [0.717, 1.165) is 0 Å². The molecule has 38 heavy (non-hydrogen) atoms. The molecule has 1 N–H and O–H groups in total. The lowest BCUT2D eigenvalue weighted by atomic mass is 10.2. The summed E-state index contributed by atoms with van der Waals surface area (Å²) in [7, 11) is 0.435. The molecule has 0 saturated carbocycles. The summed E-state index contributed by atoms with van der Waals surface area (Å²) in [6.07, 6.45) is 1.48. The lowest BCUT2D eigenvalue weighted by Gasteiger charge is -2.26. The molecule has 0 aliphatic carbocycles. The van der Waals surface area contributed by atoms with Gasteiger partial charge in [-0.3, -0.25) is 9.29 Å². The van der Waals surface area contributed by atoms with Crippen LogP contribution in [0.3, 0.4) is 0 Å². The summed E-state index contributed by atoms with van der Waals surface area (Å²) >= 11 is 5.92. The number of ether oxygens (including phenoxy) is 4. The van der Waals surface area contributed by atoms with E-state index in [-0.39, 0.29) is 31.1 Å². The van der Waals surface area contributed by atoms with Gasteiger partial charge >= 0.3 is 0 Å². The lowest BCUT2D eigenvalue weighted by Crippen LogP contribution is -2.35. The second-order valence-electron chi connectivity index (χ2n) is 8.56. The molecule has 0 aliphatic rings. The van der Waals surface area contributed by atoms with Gasteiger partial charge in [-0.15, -0.1) is 10.2 Å². The minimum Gasteiger partial charge on any atom is -0.481 e. The van der Waals surface area contributed by atoms with E-state index in [1.54, 1.807) is 36.6 Å². The molecule has 3 heterocycles. The van der Waals surface area contributed by atoms with E-state index < -0.39 is 27.4 Å². The van der Waals surface area contributed by atoms with Crippen LogP contribution in [0.15, 0.2) is 30.6 Å². The van der Waals surface area contributed by atoms with Crippen LogP contribution in [0.4, 0.5) is 5.95 Å². The number of sulfonamides is 1. The first kappa shape index (κ1) is 29.6. The third-order valence-electron chi connectivity index (χ3n) is 5.40. The minimum atomic E-state index is -4.12. The molecule has 3 aromatic heterocycles. The highest BCUT2D eigenvalue weighted by molar-refractivity contribution is 7.93. The van der Waals surface area contributed by atoms with Crippen LogP contribution in [0.5, 0.6) is 5.88 Å². The SMILES string of the molecule is COCC(COC)n1c(NS(=O)(=O)[C@@H](C)[C@@H](OC(C)C)c2ncc(Cl)cn2)nnc1-c1cccc(OC)n1. The zero-order valence-electron chi connectivity index (χ0n) is 22.0. The van der Waals surface area contributed by atoms with Gasteiger partial charge in [0.25, 0.3) is 0 Å². The molecule has 0 amide bonds. The number of anilines is 1. The van der Waals surface area contributed by atoms with Gasteiger partial charge in [0, 0.05) is 32.7 Å². The summed E-state index contributed by atoms with van der Waals surface area (Å²) in [5.74, 6) is 0.792. The minimum absolute atomic E-state index is 0.0455. The standard InChI is InChI=1S/C23H32ClN7O6S/c1-14(2)37-20(21-25-10-16(24)11-26-21)15(3)38(32,33)30-23-29-28-22(18-8-7-9-19(27-18)36-6)31(23)17(12-34-4)13-35-5/h7-11,14-15,17,20H,12-13H2,1-6H3,(H,29,30)/t15-,20+/m0/s1. The third-order valence-corrected chi connectivity index (χ3v) is 7.29. The molecule has 2 atom stereocenters. The number of hydrogen-bond acceptors (Lipinski definition) is 11. The molecule has 0 spiro atoms. The Balaban J connectivity index is 2.05. The van der Waals surface area contributed by atoms with Gasteiger partial charge in [0.1, 0.15) is 17.0 Å². The Morgan fingerprint density at radius 2 is 1.68 bits per heavy atom.